The van der Waals surface area contributed by atoms with E-state index >= 15 is 0 Å². The van der Waals surface area contributed by atoms with Gasteiger partial charge < -0.3 is 10.2 Å². The van der Waals surface area contributed by atoms with Gasteiger partial charge in [0.1, 0.15) is 12.0 Å². The molecule has 0 fully saturated rings. The van der Waals surface area contributed by atoms with E-state index in [1.54, 1.807) is 22.8 Å². The van der Waals surface area contributed by atoms with Crippen LogP contribution in [0.15, 0.2) is 45.0 Å². The fourth-order valence-corrected chi connectivity index (χ4v) is 3.06. The third kappa shape index (κ3) is 3.74. The SMILES string of the molecule is NC(=O)c1coc(-c2csc(NC(=O)C=Cc3ccsc3)n2)c1. The molecule has 0 aliphatic carbocycles. The van der Waals surface area contributed by atoms with Gasteiger partial charge in [-0.25, -0.2) is 4.98 Å². The van der Waals surface area contributed by atoms with Gasteiger partial charge in [0.15, 0.2) is 10.9 Å². The molecule has 0 aliphatic rings. The number of furan rings is 1. The van der Waals surface area contributed by atoms with Gasteiger partial charge in [0.2, 0.25) is 5.91 Å². The zero-order valence-electron chi connectivity index (χ0n) is 11.7. The lowest BCUT2D eigenvalue weighted by atomic mass is 10.3. The Kier molecular flexibility index (Phi) is 4.35. The summed E-state index contributed by atoms with van der Waals surface area (Å²) in [5, 5.41) is 8.72. The fraction of sp³-hybridized carbons (Fsp3) is 0. The lowest BCUT2D eigenvalue weighted by Gasteiger charge is -1.95. The molecule has 6 nitrogen and oxygen atoms in total. The Morgan fingerprint density at radius 3 is 2.91 bits per heavy atom. The standard InChI is InChI=1S/C15H11N3O3S2/c16-14(20)10-5-12(21-6-10)11-8-23-15(17-11)18-13(19)2-1-9-3-4-22-7-9/h1-8H,(H2,16,20)(H,17,18,19). The van der Waals surface area contributed by atoms with Gasteiger partial charge in [-0.05, 0) is 34.5 Å². The molecule has 0 bridgehead atoms. The molecule has 8 heteroatoms. The maximum absolute atomic E-state index is 11.8. The number of nitrogens with two attached hydrogens (primary N) is 1. The quantitative estimate of drug-likeness (QED) is 0.694. The number of anilines is 1. The van der Waals surface area contributed by atoms with Crippen LogP contribution in [0, 0.1) is 0 Å². The summed E-state index contributed by atoms with van der Waals surface area (Å²) in [6, 6.07) is 3.43. The van der Waals surface area contributed by atoms with Crippen LogP contribution < -0.4 is 11.1 Å². The highest BCUT2D eigenvalue weighted by molar-refractivity contribution is 7.14. The zero-order valence-corrected chi connectivity index (χ0v) is 13.3. The van der Waals surface area contributed by atoms with Crippen LogP contribution in [-0.2, 0) is 4.79 Å². The molecule has 3 N–H and O–H groups in total. The van der Waals surface area contributed by atoms with Crippen molar-refractivity contribution >= 4 is 45.7 Å². The Morgan fingerprint density at radius 2 is 2.22 bits per heavy atom. The Balaban J connectivity index is 1.67. The van der Waals surface area contributed by atoms with Crippen molar-refractivity contribution in [3.63, 3.8) is 0 Å². The predicted octanol–water partition coefficient (Wildman–Crippen LogP) is 3.22. The minimum atomic E-state index is -0.567. The lowest BCUT2D eigenvalue weighted by Crippen LogP contribution is -2.09. The van der Waals surface area contributed by atoms with E-state index in [1.807, 2.05) is 16.8 Å². The molecule has 3 aromatic heterocycles. The molecule has 116 valence electrons. The highest BCUT2D eigenvalue weighted by Gasteiger charge is 2.12. The van der Waals surface area contributed by atoms with E-state index in [-0.39, 0.29) is 11.5 Å². The third-order valence-corrected chi connectivity index (χ3v) is 4.30. The molecule has 3 heterocycles. The first-order valence-corrected chi connectivity index (χ1v) is 8.29. The van der Waals surface area contributed by atoms with Crippen LogP contribution in [-0.4, -0.2) is 16.8 Å². The summed E-state index contributed by atoms with van der Waals surface area (Å²) in [5.41, 5.74) is 6.94. The second-order valence-electron chi connectivity index (χ2n) is 4.48. The first-order chi connectivity index (χ1) is 11.1. The Bertz CT molecular complexity index is 862. The molecule has 3 rings (SSSR count). The van der Waals surface area contributed by atoms with E-state index in [4.69, 9.17) is 10.2 Å². The molecule has 0 aromatic carbocycles. The number of hydrogen-bond donors (Lipinski definition) is 2. The topological polar surface area (TPSA) is 98.2 Å². The van der Waals surface area contributed by atoms with Crippen LogP contribution in [0.5, 0.6) is 0 Å². The number of primary amides is 1. The molecule has 23 heavy (non-hydrogen) atoms. The summed E-state index contributed by atoms with van der Waals surface area (Å²) >= 11 is 2.83. The van der Waals surface area contributed by atoms with Crippen molar-refractivity contribution in [3.8, 4) is 11.5 Å². The van der Waals surface area contributed by atoms with E-state index in [0.717, 1.165) is 5.56 Å². The second-order valence-corrected chi connectivity index (χ2v) is 6.12. The summed E-state index contributed by atoms with van der Waals surface area (Å²) in [5.74, 6) is -0.416. The smallest absolute Gasteiger partial charge is 0.251 e. The molecule has 3 aromatic rings. The van der Waals surface area contributed by atoms with E-state index < -0.39 is 5.91 Å². The molecule has 0 radical (unpaired) electrons. The van der Waals surface area contributed by atoms with Crippen LogP contribution in [0.1, 0.15) is 15.9 Å². The predicted molar refractivity (Wildman–Crippen MR) is 90.3 cm³/mol. The van der Waals surface area contributed by atoms with Crippen molar-refractivity contribution in [1.82, 2.24) is 4.98 Å². The van der Waals surface area contributed by atoms with Crippen LogP contribution >= 0.6 is 22.7 Å². The molecular weight excluding hydrogens is 334 g/mol. The van der Waals surface area contributed by atoms with Gasteiger partial charge in [0.05, 0.1) is 5.56 Å². The number of nitrogens with zero attached hydrogens (tertiary/aromatic N) is 1. The normalized spacial score (nSPS) is 11.0. The number of carbonyl (C=O) groups is 2. The fourth-order valence-electron chi connectivity index (χ4n) is 1.73. The van der Waals surface area contributed by atoms with Gasteiger partial charge in [0.25, 0.3) is 5.91 Å². The first-order valence-electron chi connectivity index (χ1n) is 6.47. The zero-order chi connectivity index (χ0) is 16.2. The number of carbonyl (C=O) groups excluding carboxylic acids is 2. The number of aromatic nitrogens is 1. The van der Waals surface area contributed by atoms with Crippen LogP contribution in [0.3, 0.4) is 0 Å². The molecule has 2 amide bonds. The minimum Gasteiger partial charge on any atom is -0.462 e. The maximum Gasteiger partial charge on any atom is 0.251 e. The number of thiophene rings is 1. The van der Waals surface area contributed by atoms with Gasteiger partial charge in [-0.15, -0.1) is 11.3 Å². The average Bonchev–Trinajstić information content (AvgIpc) is 3.26. The van der Waals surface area contributed by atoms with Crippen molar-refractivity contribution in [2.45, 2.75) is 0 Å². The summed E-state index contributed by atoms with van der Waals surface area (Å²) in [6.07, 6.45) is 4.45. The summed E-state index contributed by atoms with van der Waals surface area (Å²) in [7, 11) is 0. The van der Waals surface area contributed by atoms with Crippen molar-refractivity contribution in [2.24, 2.45) is 5.73 Å². The van der Waals surface area contributed by atoms with Gasteiger partial charge in [-0.2, -0.15) is 11.3 Å². The Labute approximate surface area is 139 Å². The van der Waals surface area contributed by atoms with E-state index in [1.165, 1.54) is 29.7 Å². The van der Waals surface area contributed by atoms with Crippen LogP contribution in [0.2, 0.25) is 0 Å². The van der Waals surface area contributed by atoms with Crippen molar-refractivity contribution in [1.29, 1.82) is 0 Å². The monoisotopic (exact) mass is 345 g/mol. The highest BCUT2D eigenvalue weighted by atomic mass is 32.1. The Hall–Kier alpha value is -2.71. The number of thiazole rings is 1. The minimum absolute atomic E-state index is 0.269. The molecule has 0 saturated heterocycles. The number of hydrogen-bond acceptors (Lipinski definition) is 6. The molecular formula is C15H11N3O3S2. The number of amides is 2. The van der Waals surface area contributed by atoms with E-state index in [2.05, 4.69) is 10.3 Å². The molecule has 0 spiro atoms. The van der Waals surface area contributed by atoms with Crippen molar-refractivity contribution < 1.29 is 14.0 Å². The van der Waals surface area contributed by atoms with Gasteiger partial charge >= 0.3 is 0 Å². The lowest BCUT2D eigenvalue weighted by molar-refractivity contribution is -0.111. The third-order valence-electron chi connectivity index (χ3n) is 2.84. The maximum atomic E-state index is 11.8. The summed E-state index contributed by atoms with van der Waals surface area (Å²) in [4.78, 5) is 27.1. The molecule has 0 aliphatic heterocycles. The largest absolute Gasteiger partial charge is 0.462 e. The van der Waals surface area contributed by atoms with Gasteiger partial charge in [-0.1, -0.05) is 0 Å². The number of nitrogens with one attached hydrogen (secondary N) is 1. The van der Waals surface area contributed by atoms with E-state index in [0.29, 0.717) is 16.6 Å². The Morgan fingerprint density at radius 1 is 1.35 bits per heavy atom. The number of rotatable bonds is 5. The van der Waals surface area contributed by atoms with Crippen molar-refractivity contribution in [2.75, 3.05) is 5.32 Å². The van der Waals surface area contributed by atoms with Crippen LogP contribution in [0.4, 0.5) is 5.13 Å². The second kappa shape index (κ2) is 6.59. The van der Waals surface area contributed by atoms with Gasteiger partial charge in [-0.3, -0.25) is 14.9 Å². The van der Waals surface area contributed by atoms with Gasteiger partial charge in [0, 0.05) is 11.5 Å². The first kappa shape index (κ1) is 15.2. The van der Waals surface area contributed by atoms with E-state index in [9.17, 15) is 9.59 Å². The molecule has 0 atom stereocenters. The van der Waals surface area contributed by atoms with Crippen LogP contribution in [0.25, 0.3) is 17.5 Å². The summed E-state index contributed by atoms with van der Waals surface area (Å²) < 4.78 is 5.24. The summed E-state index contributed by atoms with van der Waals surface area (Å²) in [6.45, 7) is 0. The molecule has 0 saturated carbocycles. The molecule has 0 unspecified atom stereocenters. The average molecular weight is 345 g/mol. The van der Waals surface area contributed by atoms with Crippen molar-refractivity contribution in [3.05, 3.63) is 51.7 Å². The highest BCUT2D eigenvalue weighted by Crippen LogP contribution is 2.26.